The highest BCUT2D eigenvalue weighted by atomic mass is 19.4. The zero-order chi connectivity index (χ0) is 15.3. The molecule has 1 saturated carbocycles. The van der Waals surface area contributed by atoms with E-state index in [-0.39, 0.29) is 25.5 Å². The van der Waals surface area contributed by atoms with E-state index in [1.807, 2.05) is 0 Å². The molecule has 1 aliphatic carbocycles. The summed E-state index contributed by atoms with van der Waals surface area (Å²) in [5.74, 6) is -1.19. The Balaban J connectivity index is 1.78. The summed E-state index contributed by atoms with van der Waals surface area (Å²) in [7, 11) is 0. The van der Waals surface area contributed by atoms with E-state index in [0.29, 0.717) is 31.6 Å². The molecule has 1 heterocycles. The number of nitrogens with one attached hydrogen (secondary N) is 1. The molecule has 1 aliphatic rings. The second-order valence-electron chi connectivity index (χ2n) is 5.53. The number of alkyl halides is 3. The Labute approximate surface area is 121 Å². The standard InChI is InChI=1S/C13H21F3N4O/c14-13(15,16)10-3-1-4-11(7-10)17-8-12-9-20(19-18-12)5-2-6-21/h9-11,17,21H,1-8H2. The van der Waals surface area contributed by atoms with Gasteiger partial charge in [-0.25, -0.2) is 0 Å². The molecule has 0 amide bonds. The summed E-state index contributed by atoms with van der Waals surface area (Å²) >= 11 is 0. The third kappa shape index (κ3) is 4.96. The average molecular weight is 306 g/mol. The van der Waals surface area contributed by atoms with Crippen molar-refractivity contribution in [1.29, 1.82) is 0 Å². The molecule has 0 aromatic carbocycles. The predicted molar refractivity (Wildman–Crippen MR) is 70.4 cm³/mol. The fourth-order valence-electron chi connectivity index (χ4n) is 2.68. The monoisotopic (exact) mass is 306 g/mol. The lowest BCUT2D eigenvalue weighted by atomic mass is 9.85. The summed E-state index contributed by atoms with van der Waals surface area (Å²) in [5.41, 5.74) is 0.710. The van der Waals surface area contributed by atoms with Crippen molar-refractivity contribution < 1.29 is 18.3 Å². The third-order valence-electron chi connectivity index (χ3n) is 3.84. The molecule has 2 unspecified atom stereocenters. The Bertz CT molecular complexity index is 435. The first-order valence-corrected chi connectivity index (χ1v) is 7.29. The lowest BCUT2D eigenvalue weighted by molar-refractivity contribution is -0.183. The van der Waals surface area contributed by atoms with Crippen molar-refractivity contribution in [3.63, 3.8) is 0 Å². The van der Waals surface area contributed by atoms with Crippen molar-refractivity contribution >= 4 is 0 Å². The molecular formula is C13H21F3N4O. The van der Waals surface area contributed by atoms with Crippen molar-refractivity contribution in [3.05, 3.63) is 11.9 Å². The van der Waals surface area contributed by atoms with Gasteiger partial charge in [-0.1, -0.05) is 11.6 Å². The number of hydrogen-bond acceptors (Lipinski definition) is 4. The van der Waals surface area contributed by atoms with Gasteiger partial charge in [0.15, 0.2) is 0 Å². The molecular weight excluding hydrogens is 285 g/mol. The van der Waals surface area contributed by atoms with Crippen LogP contribution in [0.15, 0.2) is 6.20 Å². The molecule has 2 rings (SSSR count). The van der Waals surface area contributed by atoms with Gasteiger partial charge in [0.05, 0.1) is 11.6 Å². The van der Waals surface area contributed by atoms with Crippen LogP contribution in [0.2, 0.25) is 0 Å². The molecule has 0 saturated heterocycles. The number of aliphatic hydroxyl groups excluding tert-OH is 1. The molecule has 1 aromatic heterocycles. The van der Waals surface area contributed by atoms with E-state index < -0.39 is 12.1 Å². The van der Waals surface area contributed by atoms with E-state index >= 15 is 0 Å². The summed E-state index contributed by atoms with van der Waals surface area (Å²) in [5, 5.41) is 19.8. The molecule has 2 N–H and O–H groups in total. The maximum absolute atomic E-state index is 12.7. The normalized spacial score (nSPS) is 23.4. The maximum atomic E-state index is 12.7. The van der Waals surface area contributed by atoms with E-state index in [4.69, 9.17) is 5.11 Å². The van der Waals surface area contributed by atoms with Crippen LogP contribution < -0.4 is 5.32 Å². The van der Waals surface area contributed by atoms with Crippen molar-refractivity contribution in [3.8, 4) is 0 Å². The van der Waals surface area contributed by atoms with Crippen LogP contribution in [0.4, 0.5) is 13.2 Å². The molecule has 8 heteroatoms. The van der Waals surface area contributed by atoms with Gasteiger partial charge in [0.2, 0.25) is 0 Å². The zero-order valence-electron chi connectivity index (χ0n) is 11.8. The average Bonchev–Trinajstić information content (AvgIpc) is 2.90. The van der Waals surface area contributed by atoms with E-state index in [1.165, 1.54) is 0 Å². The minimum absolute atomic E-state index is 0.0916. The smallest absolute Gasteiger partial charge is 0.391 e. The van der Waals surface area contributed by atoms with Crippen LogP contribution in [0, 0.1) is 5.92 Å². The molecule has 0 aliphatic heterocycles. The number of aromatic nitrogens is 3. The molecule has 0 spiro atoms. The van der Waals surface area contributed by atoms with Gasteiger partial charge in [0.1, 0.15) is 0 Å². The molecule has 1 fully saturated rings. The summed E-state index contributed by atoms with van der Waals surface area (Å²) in [6.07, 6.45) is 0.0179. The summed E-state index contributed by atoms with van der Waals surface area (Å²) in [6, 6.07) is -0.118. The molecule has 0 radical (unpaired) electrons. The number of aryl methyl sites for hydroxylation is 1. The Morgan fingerprint density at radius 1 is 1.38 bits per heavy atom. The fraction of sp³-hybridized carbons (Fsp3) is 0.846. The number of aliphatic hydroxyl groups is 1. The van der Waals surface area contributed by atoms with Gasteiger partial charge in [-0.05, 0) is 25.7 Å². The highest BCUT2D eigenvalue weighted by Gasteiger charge is 2.41. The van der Waals surface area contributed by atoms with Crippen LogP contribution in [0.3, 0.4) is 0 Å². The molecule has 120 valence electrons. The van der Waals surface area contributed by atoms with Crippen LogP contribution in [0.5, 0.6) is 0 Å². The Kier molecular flexibility index (Phi) is 5.58. The predicted octanol–water partition coefficient (Wildman–Crippen LogP) is 1.87. The minimum atomic E-state index is -4.09. The van der Waals surface area contributed by atoms with Crippen LogP contribution >= 0.6 is 0 Å². The van der Waals surface area contributed by atoms with Crippen molar-refractivity contribution in [2.45, 2.75) is 57.4 Å². The summed E-state index contributed by atoms with van der Waals surface area (Å²) in [6.45, 7) is 1.10. The fourth-order valence-corrected chi connectivity index (χ4v) is 2.68. The van der Waals surface area contributed by atoms with Gasteiger partial charge in [-0.3, -0.25) is 4.68 Å². The summed E-state index contributed by atoms with van der Waals surface area (Å²) < 4.78 is 39.8. The van der Waals surface area contributed by atoms with Gasteiger partial charge < -0.3 is 10.4 Å². The second kappa shape index (κ2) is 7.22. The van der Waals surface area contributed by atoms with Crippen LogP contribution in [-0.4, -0.2) is 38.9 Å². The van der Waals surface area contributed by atoms with Gasteiger partial charge in [0, 0.05) is 31.9 Å². The Hall–Kier alpha value is -1.15. The quantitative estimate of drug-likeness (QED) is 0.842. The first-order valence-electron chi connectivity index (χ1n) is 7.29. The van der Waals surface area contributed by atoms with Crippen molar-refractivity contribution in [2.75, 3.05) is 6.61 Å². The zero-order valence-corrected chi connectivity index (χ0v) is 11.8. The SMILES string of the molecule is OCCCn1cc(CNC2CCCC(C(F)(F)F)C2)nn1. The largest absolute Gasteiger partial charge is 0.396 e. The molecule has 5 nitrogen and oxygen atoms in total. The van der Waals surface area contributed by atoms with Crippen LogP contribution in [0.25, 0.3) is 0 Å². The first-order chi connectivity index (χ1) is 9.99. The van der Waals surface area contributed by atoms with E-state index in [0.717, 1.165) is 6.42 Å². The topological polar surface area (TPSA) is 63.0 Å². The highest BCUT2D eigenvalue weighted by Crippen LogP contribution is 2.37. The lowest BCUT2D eigenvalue weighted by Gasteiger charge is -2.30. The maximum Gasteiger partial charge on any atom is 0.391 e. The molecule has 1 aromatic rings. The molecule has 0 bridgehead atoms. The van der Waals surface area contributed by atoms with Crippen LogP contribution in [0.1, 0.15) is 37.8 Å². The summed E-state index contributed by atoms with van der Waals surface area (Å²) in [4.78, 5) is 0. The number of nitrogens with zero attached hydrogens (tertiary/aromatic N) is 3. The van der Waals surface area contributed by atoms with Crippen molar-refractivity contribution in [1.82, 2.24) is 20.3 Å². The van der Waals surface area contributed by atoms with Gasteiger partial charge in [0.25, 0.3) is 0 Å². The second-order valence-corrected chi connectivity index (χ2v) is 5.53. The van der Waals surface area contributed by atoms with Crippen LogP contribution in [-0.2, 0) is 13.1 Å². The first kappa shape index (κ1) is 16.2. The van der Waals surface area contributed by atoms with Crippen molar-refractivity contribution in [2.24, 2.45) is 5.92 Å². The molecule has 21 heavy (non-hydrogen) atoms. The van der Waals surface area contributed by atoms with E-state index in [2.05, 4.69) is 15.6 Å². The van der Waals surface area contributed by atoms with Gasteiger partial charge >= 0.3 is 6.18 Å². The number of rotatable bonds is 6. The molecule has 2 atom stereocenters. The van der Waals surface area contributed by atoms with E-state index in [1.54, 1.807) is 10.9 Å². The highest BCUT2D eigenvalue weighted by molar-refractivity contribution is 4.93. The lowest BCUT2D eigenvalue weighted by Crippen LogP contribution is -2.38. The number of halogens is 3. The van der Waals surface area contributed by atoms with Gasteiger partial charge in [-0.2, -0.15) is 13.2 Å². The minimum Gasteiger partial charge on any atom is -0.396 e. The Morgan fingerprint density at radius 3 is 2.90 bits per heavy atom. The number of hydrogen-bond donors (Lipinski definition) is 2. The Morgan fingerprint density at radius 2 is 2.19 bits per heavy atom. The van der Waals surface area contributed by atoms with Gasteiger partial charge in [-0.15, -0.1) is 5.10 Å². The van der Waals surface area contributed by atoms with E-state index in [9.17, 15) is 13.2 Å². The third-order valence-corrected chi connectivity index (χ3v) is 3.84.